The van der Waals surface area contributed by atoms with E-state index in [2.05, 4.69) is 10.3 Å². The summed E-state index contributed by atoms with van der Waals surface area (Å²) in [6, 6.07) is 6.73. The number of nitrogens with one attached hydrogen (secondary N) is 1. The lowest BCUT2D eigenvalue weighted by molar-refractivity contribution is 0.623. The zero-order valence-corrected chi connectivity index (χ0v) is 9.64. The smallest absolute Gasteiger partial charge is 0.123 e. The molecular weight excluding hydrogens is 223 g/mol. The number of aromatic nitrogens is 1. The van der Waals surface area contributed by atoms with Crippen molar-refractivity contribution >= 4 is 11.3 Å². The molecule has 0 amide bonds. The third-order valence-electron chi connectivity index (χ3n) is 2.26. The monoisotopic (exact) mass is 236 g/mol. The molecule has 16 heavy (non-hydrogen) atoms. The quantitative estimate of drug-likeness (QED) is 0.807. The van der Waals surface area contributed by atoms with Crippen molar-refractivity contribution < 1.29 is 4.39 Å². The van der Waals surface area contributed by atoms with E-state index in [-0.39, 0.29) is 5.82 Å². The summed E-state index contributed by atoms with van der Waals surface area (Å²) in [5, 5.41) is 3.30. The van der Waals surface area contributed by atoms with Gasteiger partial charge in [0.2, 0.25) is 0 Å². The summed E-state index contributed by atoms with van der Waals surface area (Å²) >= 11 is 1.64. The molecule has 1 aromatic heterocycles. The standard InChI is InChI=1S/C12H13FN2S/c13-11-3-1-2-10(6-11)4-5-14-7-12-8-15-9-16-12/h1-3,6,8-9,14H,4-5,7H2. The van der Waals surface area contributed by atoms with Crippen LogP contribution in [-0.2, 0) is 13.0 Å². The summed E-state index contributed by atoms with van der Waals surface area (Å²) in [5.74, 6) is -0.167. The Morgan fingerprint density at radius 2 is 2.31 bits per heavy atom. The molecular formula is C12H13FN2S. The summed E-state index contributed by atoms with van der Waals surface area (Å²) in [5.41, 5.74) is 2.85. The third-order valence-corrected chi connectivity index (χ3v) is 3.04. The van der Waals surface area contributed by atoms with Crippen LogP contribution in [0.2, 0.25) is 0 Å². The predicted octanol–water partition coefficient (Wildman–Crippen LogP) is 2.61. The first kappa shape index (κ1) is 11.2. The maximum atomic E-state index is 12.9. The van der Waals surface area contributed by atoms with Gasteiger partial charge in [-0.3, -0.25) is 4.98 Å². The molecule has 2 nitrogen and oxygen atoms in total. The fourth-order valence-electron chi connectivity index (χ4n) is 1.47. The number of hydrogen-bond acceptors (Lipinski definition) is 3. The van der Waals surface area contributed by atoms with Crippen LogP contribution in [-0.4, -0.2) is 11.5 Å². The zero-order valence-electron chi connectivity index (χ0n) is 8.82. The molecule has 1 N–H and O–H groups in total. The highest BCUT2D eigenvalue weighted by atomic mass is 32.1. The van der Waals surface area contributed by atoms with Gasteiger partial charge < -0.3 is 5.32 Å². The zero-order chi connectivity index (χ0) is 11.2. The van der Waals surface area contributed by atoms with Gasteiger partial charge in [0.1, 0.15) is 5.82 Å². The van der Waals surface area contributed by atoms with E-state index in [9.17, 15) is 4.39 Å². The molecule has 0 unspecified atom stereocenters. The van der Waals surface area contributed by atoms with Gasteiger partial charge in [0.15, 0.2) is 0 Å². The van der Waals surface area contributed by atoms with Gasteiger partial charge in [-0.2, -0.15) is 0 Å². The summed E-state index contributed by atoms with van der Waals surface area (Å²) in [7, 11) is 0. The molecule has 0 saturated carbocycles. The van der Waals surface area contributed by atoms with Gasteiger partial charge >= 0.3 is 0 Å². The Balaban J connectivity index is 1.72. The van der Waals surface area contributed by atoms with Gasteiger partial charge in [0, 0.05) is 17.6 Å². The summed E-state index contributed by atoms with van der Waals surface area (Å²) < 4.78 is 12.9. The van der Waals surface area contributed by atoms with Crippen molar-refractivity contribution in [1.82, 2.24) is 10.3 Å². The molecule has 2 rings (SSSR count). The first-order valence-corrected chi connectivity index (χ1v) is 6.05. The second-order valence-electron chi connectivity index (χ2n) is 3.52. The minimum atomic E-state index is -0.167. The Morgan fingerprint density at radius 3 is 3.06 bits per heavy atom. The van der Waals surface area contributed by atoms with Crippen molar-refractivity contribution in [3.05, 3.63) is 52.2 Å². The van der Waals surface area contributed by atoms with E-state index in [0.29, 0.717) is 0 Å². The van der Waals surface area contributed by atoms with Crippen LogP contribution < -0.4 is 5.32 Å². The number of hydrogen-bond donors (Lipinski definition) is 1. The van der Waals surface area contributed by atoms with Gasteiger partial charge in [-0.1, -0.05) is 12.1 Å². The average molecular weight is 236 g/mol. The molecule has 0 bridgehead atoms. The van der Waals surface area contributed by atoms with Gasteiger partial charge in [-0.15, -0.1) is 11.3 Å². The number of benzene rings is 1. The van der Waals surface area contributed by atoms with Crippen molar-refractivity contribution in [3.8, 4) is 0 Å². The first-order valence-electron chi connectivity index (χ1n) is 5.17. The van der Waals surface area contributed by atoms with E-state index in [1.165, 1.54) is 10.9 Å². The Kier molecular flexibility index (Phi) is 4.02. The second-order valence-corrected chi connectivity index (χ2v) is 4.50. The maximum absolute atomic E-state index is 12.9. The van der Waals surface area contributed by atoms with Crippen LogP contribution in [0.25, 0.3) is 0 Å². The number of rotatable bonds is 5. The van der Waals surface area contributed by atoms with Crippen LogP contribution in [0.4, 0.5) is 4.39 Å². The fourth-order valence-corrected chi connectivity index (χ4v) is 2.03. The Morgan fingerprint density at radius 1 is 1.38 bits per heavy atom. The van der Waals surface area contributed by atoms with Crippen LogP contribution in [0.3, 0.4) is 0 Å². The third kappa shape index (κ3) is 3.40. The van der Waals surface area contributed by atoms with E-state index in [0.717, 1.165) is 25.1 Å². The van der Waals surface area contributed by atoms with Crippen LogP contribution in [0.1, 0.15) is 10.4 Å². The minimum absolute atomic E-state index is 0.167. The molecule has 0 saturated heterocycles. The highest BCUT2D eigenvalue weighted by Gasteiger charge is 1.96. The average Bonchev–Trinajstić information content (AvgIpc) is 2.77. The van der Waals surface area contributed by atoms with Crippen LogP contribution in [0, 0.1) is 5.82 Å². The Labute approximate surface area is 98.2 Å². The van der Waals surface area contributed by atoms with Gasteiger partial charge in [0.05, 0.1) is 5.51 Å². The molecule has 0 aliphatic carbocycles. The van der Waals surface area contributed by atoms with E-state index in [1.54, 1.807) is 23.5 Å². The summed E-state index contributed by atoms with van der Waals surface area (Å²) in [6.07, 6.45) is 2.70. The maximum Gasteiger partial charge on any atom is 0.123 e. The van der Waals surface area contributed by atoms with Crippen LogP contribution in [0.5, 0.6) is 0 Å². The Bertz CT molecular complexity index is 428. The predicted molar refractivity (Wildman–Crippen MR) is 63.9 cm³/mol. The lowest BCUT2D eigenvalue weighted by Crippen LogP contribution is -2.15. The second kappa shape index (κ2) is 5.72. The highest BCUT2D eigenvalue weighted by molar-refractivity contribution is 7.09. The summed E-state index contributed by atoms with van der Waals surface area (Å²) in [6.45, 7) is 1.68. The van der Waals surface area contributed by atoms with Crippen LogP contribution >= 0.6 is 11.3 Å². The molecule has 0 radical (unpaired) electrons. The van der Waals surface area contributed by atoms with Gasteiger partial charge in [0.25, 0.3) is 0 Å². The molecule has 0 spiro atoms. The molecule has 0 fully saturated rings. The number of halogens is 1. The first-order chi connectivity index (χ1) is 7.84. The normalized spacial score (nSPS) is 10.6. The van der Waals surface area contributed by atoms with Gasteiger partial charge in [-0.25, -0.2) is 4.39 Å². The van der Waals surface area contributed by atoms with Crippen molar-refractivity contribution in [2.24, 2.45) is 0 Å². The SMILES string of the molecule is Fc1cccc(CCNCc2cncs2)c1. The van der Waals surface area contributed by atoms with Crippen molar-refractivity contribution in [2.75, 3.05) is 6.54 Å². The number of thiazole rings is 1. The molecule has 2 aromatic rings. The van der Waals surface area contributed by atoms with E-state index >= 15 is 0 Å². The molecule has 0 atom stereocenters. The molecule has 0 aliphatic rings. The topological polar surface area (TPSA) is 24.9 Å². The van der Waals surface area contributed by atoms with Gasteiger partial charge in [-0.05, 0) is 30.7 Å². The van der Waals surface area contributed by atoms with Crippen molar-refractivity contribution in [3.63, 3.8) is 0 Å². The lowest BCUT2D eigenvalue weighted by Gasteiger charge is -2.03. The number of nitrogens with zero attached hydrogens (tertiary/aromatic N) is 1. The molecule has 4 heteroatoms. The van der Waals surface area contributed by atoms with Crippen molar-refractivity contribution in [2.45, 2.75) is 13.0 Å². The fraction of sp³-hybridized carbons (Fsp3) is 0.250. The molecule has 1 aromatic carbocycles. The molecule has 0 aliphatic heterocycles. The molecule has 1 heterocycles. The van der Waals surface area contributed by atoms with E-state index in [1.807, 2.05) is 17.8 Å². The largest absolute Gasteiger partial charge is 0.311 e. The lowest BCUT2D eigenvalue weighted by atomic mass is 10.1. The van der Waals surface area contributed by atoms with Crippen molar-refractivity contribution in [1.29, 1.82) is 0 Å². The van der Waals surface area contributed by atoms with Crippen LogP contribution in [0.15, 0.2) is 36.0 Å². The highest BCUT2D eigenvalue weighted by Crippen LogP contribution is 2.05. The molecule has 84 valence electrons. The summed E-state index contributed by atoms with van der Waals surface area (Å²) in [4.78, 5) is 5.22. The van der Waals surface area contributed by atoms with E-state index < -0.39 is 0 Å². The van der Waals surface area contributed by atoms with E-state index in [4.69, 9.17) is 0 Å². The minimum Gasteiger partial charge on any atom is -0.311 e. The Hall–Kier alpha value is -1.26.